The van der Waals surface area contributed by atoms with Crippen molar-refractivity contribution in [2.45, 2.75) is 51.6 Å². The standard InChI is InChI=1S/C18H24N6O3/c1-12-19-16(15-7-3-4-9-23(12)15)17(25)22-8-5-6-13(10-22)24-11-14(20-21-24)18(26)27-2/h11,13H,3-10H2,1-2H3. The highest BCUT2D eigenvalue weighted by Gasteiger charge is 2.31. The summed E-state index contributed by atoms with van der Waals surface area (Å²) in [4.78, 5) is 31.2. The normalized spacial score (nSPS) is 19.6. The monoisotopic (exact) mass is 372 g/mol. The second kappa shape index (κ2) is 7.13. The van der Waals surface area contributed by atoms with Gasteiger partial charge in [-0.1, -0.05) is 5.21 Å². The van der Waals surface area contributed by atoms with Gasteiger partial charge in [0.05, 0.1) is 25.0 Å². The number of hydrogen-bond donors (Lipinski definition) is 0. The van der Waals surface area contributed by atoms with Crippen LogP contribution in [0, 0.1) is 6.92 Å². The maximum absolute atomic E-state index is 13.2. The molecule has 0 aliphatic carbocycles. The van der Waals surface area contributed by atoms with Gasteiger partial charge < -0.3 is 14.2 Å². The van der Waals surface area contributed by atoms with Crippen LogP contribution in [0.4, 0.5) is 0 Å². The van der Waals surface area contributed by atoms with E-state index in [1.54, 1.807) is 10.9 Å². The predicted octanol–water partition coefficient (Wildman–Crippen LogP) is 1.38. The van der Waals surface area contributed by atoms with Crippen LogP contribution in [0.15, 0.2) is 6.20 Å². The average molecular weight is 372 g/mol. The summed E-state index contributed by atoms with van der Waals surface area (Å²) in [6.45, 7) is 4.15. The van der Waals surface area contributed by atoms with Gasteiger partial charge in [-0.3, -0.25) is 4.79 Å². The van der Waals surface area contributed by atoms with E-state index in [9.17, 15) is 9.59 Å². The van der Waals surface area contributed by atoms with Crippen molar-refractivity contribution in [3.05, 3.63) is 29.1 Å². The van der Waals surface area contributed by atoms with Gasteiger partial charge in [0.15, 0.2) is 5.69 Å². The molecule has 2 aliphatic heterocycles. The third kappa shape index (κ3) is 3.22. The van der Waals surface area contributed by atoms with Gasteiger partial charge in [-0.05, 0) is 39.0 Å². The van der Waals surface area contributed by atoms with Crippen LogP contribution < -0.4 is 0 Å². The van der Waals surface area contributed by atoms with Gasteiger partial charge in [0, 0.05) is 19.6 Å². The summed E-state index contributed by atoms with van der Waals surface area (Å²) in [5, 5.41) is 7.93. The lowest BCUT2D eigenvalue weighted by atomic mass is 10.0. The first-order valence-electron chi connectivity index (χ1n) is 9.44. The molecule has 144 valence electrons. The number of likely N-dealkylation sites (tertiary alicyclic amines) is 1. The summed E-state index contributed by atoms with van der Waals surface area (Å²) < 4.78 is 8.52. The fraction of sp³-hybridized carbons (Fsp3) is 0.611. The molecule has 0 N–H and O–H groups in total. The minimum atomic E-state index is -0.509. The van der Waals surface area contributed by atoms with Crippen molar-refractivity contribution in [1.29, 1.82) is 0 Å². The first kappa shape index (κ1) is 17.7. The van der Waals surface area contributed by atoms with Crippen molar-refractivity contribution in [3.63, 3.8) is 0 Å². The zero-order valence-corrected chi connectivity index (χ0v) is 15.7. The lowest BCUT2D eigenvalue weighted by molar-refractivity contribution is 0.0592. The highest BCUT2D eigenvalue weighted by Crippen LogP contribution is 2.26. The summed E-state index contributed by atoms with van der Waals surface area (Å²) in [5.74, 6) is 0.400. The van der Waals surface area contributed by atoms with Gasteiger partial charge in [0.25, 0.3) is 5.91 Å². The number of hydrogen-bond acceptors (Lipinski definition) is 6. The number of aryl methyl sites for hydroxylation is 1. The number of carbonyl (C=O) groups is 2. The van der Waals surface area contributed by atoms with Gasteiger partial charge in [-0.2, -0.15) is 0 Å². The molecule has 2 aromatic rings. The lowest BCUT2D eigenvalue weighted by Crippen LogP contribution is -2.41. The quantitative estimate of drug-likeness (QED) is 0.756. The largest absolute Gasteiger partial charge is 0.464 e. The van der Waals surface area contributed by atoms with Crippen LogP contribution in [-0.2, 0) is 17.7 Å². The van der Waals surface area contributed by atoms with Crippen LogP contribution in [0.3, 0.4) is 0 Å². The van der Waals surface area contributed by atoms with Crippen LogP contribution in [0.25, 0.3) is 0 Å². The molecule has 4 rings (SSSR count). The molecule has 2 aromatic heterocycles. The minimum Gasteiger partial charge on any atom is -0.464 e. The summed E-state index contributed by atoms with van der Waals surface area (Å²) >= 11 is 0. The Balaban J connectivity index is 1.52. The van der Waals surface area contributed by atoms with E-state index < -0.39 is 5.97 Å². The third-order valence-corrected chi connectivity index (χ3v) is 5.47. The zero-order chi connectivity index (χ0) is 19.0. The molecule has 1 amide bonds. The van der Waals surface area contributed by atoms with Crippen molar-refractivity contribution in [2.75, 3.05) is 20.2 Å². The van der Waals surface area contributed by atoms with E-state index in [1.807, 2.05) is 11.8 Å². The van der Waals surface area contributed by atoms with Crippen LogP contribution >= 0.6 is 0 Å². The van der Waals surface area contributed by atoms with Crippen molar-refractivity contribution < 1.29 is 14.3 Å². The molecule has 1 unspecified atom stereocenters. The first-order chi connectivity index (χ1) is 13.1. The van der Waals surface area contributed by atoms with Gasteiger partial charge in [-0.25, -0.2) is 14.5 Å². The van der Waals surface area contributed by atoms with E-state index >= 15 is 0 Å². The summed E-state index contributed by atoms with van der Waals surface area (Å²) in [6.07, 6.45) is 6.49. The molecule has 0 saturated carbocycles. The maximum atomic E-state index is 13.2. The Morgan fingerprint density at radius 3 is 2.89 bits per heavy atom. The predicted molar refractivity (Wildman–Crippen MR) is 95.4 cm³/mol. The topological polar surface area (TPSA) is 95.1 Å². The van der Waals surface area contributed by atoms with Crippen LogP contribution in [0.1, 0.15) is 64.2 Å². The van der Waals surface area contributed by atoms with E-state index in [0.29, 0.717) is 18.8 Å². The molecule has 0 bridgehead atoms. The number of piperidine rings is 1. The van der Waals surface area contributed by atoms with Gasteiger partial charge in [-0.15, -0.1) is 5.10 Å². The number of methoxy groups -OCH3 is 1. The molecule has 0 spiro atoms. The average Bonchev–Trinajstić information content (AvgIpc) is 3.33. The van der Waals surface area contributed by atoms with E-state index in [-0.39, 0.29) is 17.6 Å². The molecule has 9 nitrogen and oxygen atoms in total. The molecule has 0 aromatic carbocycles. The SMILES string of the molecule is COC(=O)c1cn(C2CCCN(C(=O)c3nc(C)n4c3CCCC4)C2)nn1. The summed E-state index contributed by atoms with van der Waals surface area (Å²) in [5.41, 5.74) is 1.85. The Bertz CT molecular complexity index is 871. The van der Waals surface area contributed by atoms with E-state index in [0.717, 1.165) is 50.2 Å². The molecular weight excluding hydrogens is 348 g/mol. The Morgan fingerprint density at radius 1 is 1.22 bits per heavy atom. The summed E-state index contributed by atoms with van der Waals surface area (Å²) in [6, 6.07) is -0.00635. The second-order valence-electron chi connectivity index (χ2n) is 7.19. The smallest absolute Gasteiger partial charge is 0.360 e. The number of rotatable bonds is 3. The molecule has 9 heteroatoms. The fourth-order valence-electron chi connectivity index (χ4n) is 4.05. The highest BCUT2D eigenvalue weighted by atomic mass is 16.5. The van der Waals surface area contributed by atoms with Gasteiger partial charge >= 0.3 is 5.97 Å². The number of esters is 1. The van der Waals surface area contributed by atoms with Crippen molar-refractivity contribution in [3.8, 4) is 0 Å². The maximum Gasteiger partial charge on any atom is 0.360 e. The Kier molecular flexibility index (Phi) is 4.67. The molecule has 4 heterocycles. The molecular formula is C18H24N6O3. The highest BCUT2D eigenvalue weighted by molar-refractivity contribution is 5.93. The van der Waals surface area contributed by atoms with Crippen molar-refractivity contribution in [1.82, 2.24) is 29.4 Å². The second-order valence-corrected chi connectivity index (χ2v) is 7.19. The molecule has 2 aliphatic rings. The van der Waals surface area contributed by atoms with E-state index in [1.165, 1.54) is 7.11 Å². The van der Waals surface area contributed by atoms with Crippen LogP contribution in [0.5, 0.6) is 0 Å². The number of nitrogens with zero attached hydrogens (tertiary/aromatic N) is 6. The molecule has 1 fully saturated rings. The van der Waals surface area contributed by atoms with Crippen LogP contribution in [-0.4, -0.2) is 61.5 Å². The van der Waals surface area contributed by atoms with E-state index in [4.69, 9.17) is 0 Å². The lowest BCUT2D eigenvalue weighted by Gasteiger charge is -2.32. The van der Waals surface area contributed by atoms with Crippen molar-refractivity contribution in [2.24, 2.45) is 0 Å². The Hall–Kier alpha value is -2.71. The molecule has 0 radical (unpaired) electrons. The number of fused-ring (bicyclic) bond motifs is 1. The minimum absolute atomic E-state index is 0.00635. The van der Waals surface area contributed by atoms with Gasteiger partial charge in [0.1, 0.15) is 11.5 Å². The summed E-state index contributed by atoms with van der Waals surface area (Å²) in [7, 11) is 1.32. The van der Waals surface area contributed by atoms with Gasteiger partial charge in [0.2, 0.25) is 0 Å². The molecule has 1 atom stereocenters. The zero-order valence-electron chi connectivity index (χ0n) is 15.7. The first-order valence-corrected chi connectivity index (χ1v) is 9.44. The molecule has 1 saturated heterocycles. The van der Waals surface area contributed by atoms with E-state index in [2.05, 4.69) is 24.6 Å². The van der Waals surface area contributed by atoms with Crippen LogP contribution in [0.2, 0.25) is 0 Å². The molecule has 27 heavy (non-hydrogen) atoms. The number of carbonyl (C=O) groups excluding carboxylic acids is 2. The number of imidazole rings is 1. The number of amides is 1. The Morgan fingerprint density at radius 2 is 2.07 bits per heavy atom. The van der Waals surface area contributed by atoms with Crippen molar-refractivity contribution >= 4 is 11.9 Å². The number of ether oxygens (including phenoxy) is 1. The Labute approximate surface area is 157 Å². The fourth-order valence-corrected chi connectivity index (χ4v) is 4.05. The number of aromatic nitrogens is 5. The third-order valence-electron chi connectivity index (χ3n) is 5.47.